The van der Waals surface area contributed by atoms with E-state index in [0.29, 0.717) is 0 Å². The van der Waals surface area contributed by atoms with Gasteiger partial charge in [0.25, 0.3) is 0 Å². The van der Waals surface area contributed by atoms with Crippen molar-refractivity contribution in [3.8, 4) is 0 Å². The van der Waals surface area contributed by atoms with Gasteiger partial charge in [-0.25, -0.2) is 0 Å². The minimum Gasteiger partial charge on any atom is -0.314 e. The van der Waals surface area contributed by atoms with Gasteiger partial charge in [0.1, 0.15) is 0 Å². The second kappa shape index (κ2) is 8.71. The van der Waals surface area contributed by atoms with Gasteiger partial charge in [-0.3, -0.25) is 4.90 Å². The van der Waals surface area contributed by atoms with Crippen LogP contribution in [0.2, 0.25) is 5.02 Å². The van der Waals surface area contributed by atoms with Crippen LogP contribution in [0.5, 0.6) is 0 Å². The first-order valence-corrected chi connectivity index (χ1v) is 10.0. The molecule has 0 saturated carbocycles. The highest BCUT2D eigenvalue weighted by atomic mass is 35.5. The number of hydrogen-bond acceptors (Lipinski definition) is 2. The van der Waals surface area contributed by atoms with E-state index < -0.39 is 0 Å². The topological polar surface area (TPSA) is 15.3 Å². The van der Waals surface area contributed by atoms with Crippen molar-refractivity contribution in [3.05, 3.63) is 106 Å². The SMILES string of the molecule is Clc1ccccc1C(c1ccc(Cc2ccccc2)cc1)N1CCNCC1. The maximum absolute atomic E-state index is 6.58. The van der Waals surface area contributed by atoms with E-state index in [9.17, 15) is 0 Å². The molecule has 0 amide bonds. The first kappa shape index (κ1) is 18.2. The number of nitrogens with one attached hydrogen (secondary N) is 1. The van der Waals surface area contributed by atoms with Crippen LogP contribution in [-0.4, -0.2) is 31.1 Å². The summed E-state index contributed by atoms with van der Waals surface area (Å²) in [6, 6.07) is 28.1. The molecule has 0 spiro atoms. The molecule has 0 radical (unpaired) electrons. The second-order valence-electron chi connectivity index (χ2n) is 7.11. The summed E-state index contributed by atoms with van der Waals surface area (Å²) in [6.45, 7) is 4.10. The fourth-order valence-electron chi connectivity index (χ4n) is 3.87. The fraction of sp³-hybridized carbons (Fsp3) is 0.250. The van der Waals surface area contributed by atoms with E-state index in [2.05, 4.69) is 76.9 Å². The average Bonchev–Trinajstić information content (AvgIpc) is 2.72. The fourth-order valence-corrected chi connectivity index (χ4v) is 4.11. The van der Waals surface area contributed by atoms with E-state index in [1.165, 1.54) is 22.3 Å². The summed E-state index contributed by atoms with van der Waals surface area (Å²) in [4.78, 5) is 2.53. The summed E-state index contributed by atoms with van der Waals surface area (Å²) in [6.07, 6.45) is 0.964. The summed E-state index contributed by atoms with van der Waals surface area (Å²) in [7, 11) is 0. The third kappa shape index (κ3) is 4.41. The van der Waals surface area contributed by atoms with Crippen LogP contribution in [0.15, 0.2) is 78.9 Å². The van der Waals surface area contributed by atoms with Gasteiger partial charge >= 0.3 is 0 Å². The third-order valence-corrected chi connectivity index (χ3v) is 5.61. The standard InChI is InChI=1S/C24H25ClN2/c25-23-9-5-4-8-22(23)24(27-16-14-26-15-17-27)21-12-10-20(11-13-21)18-19-6-2-1-3-7-19/h1-13,24,26H,14-18H2. The van der Waals surface area contributed by atoms with Crippen molar-refractivity contribution in [2.75, 3.05) is 26.2 Å². The van der Waals surface area contributed by atoms with Crippen LogP contribution in [0.3, 0.4) is 0 Å². The van der Waals surface area contributed by atoms with Gasteiger partial charge in [0.2, 0.25) is 0 Å². The summed E-state index contributed by atoms with van der Waals surface area (Å²) >= 11 is 6.58. The van der Waals surface area contributed by atoms with Gasteiger partial charge in [0.05, 0.1) is 6.04 Å². The van der Waals surface area contributed by atoms with Gasteiger partial charge in [-0.05, 0) is 34.7 Å². The van der Waals surface area contributed by atoms with Crippen LogP contribution in [0, 0.1) is 0 Å². The molecule has 138 valence electrons. The van der Waals surface area contributed by atoms with Gasteiger partial charge in [-0.1, -0.05) is 84.4 Å². The molecule has 3 heteroatoms. The van der Waals surface area contributed by atoms with E-state index in [4.69, 9.17) is 11.6 Å². The average molecular weight is 377 g/mol. The van der Waals surface area contributed by atoms with Crippen LogP contribution in [-0.2, 0) is 6.42 Å². The van der Waals surface area contributed by atoms with Crippen molar-refractivity contribution < 1.29 is 0 Å². The maximum atomic E-state index is 6.58. The number of nitrogens with zero attached hydrogens (tertiary/aromatic N) is 1. The lowest BCUT2D eigenvalue weighted by molar-refractivity contribution is 0.198. The monoisotopic (exact) mass is 376 g/mol. The number of halogens is 1. The molecule has 1 unspecified atom stereocenters. The smallest absolute Gasteiger partial charge is 0.0617 e. The lowest BCUT2D eigenvalue weighted by Gasteiger charge is -2.36. The van der Waals surface area contributed by atoms with Crippen molar-refractivity contribution in [1.82, 2.24) is 10.2 Å². The highest BCUT2D eigenvalue weighted by Crippen LogP contribution is 2.33. The number of benzene rings is 3. The number of rotatable bonds is 5. The van der Waals surface area contributed by atoms with Gasteiger partial charge in [0, 0.05) is 31.2 Å². The second-order valence-corrected chi connectivity index (χ2v) is 7.52. The molecular formula is C24H25ClN2. The van der Waals surface area contributed by atoms with E-state index in [1.54, 1.807) is 0 Å². The molecule has 1 aliphatic heterocycles. The minimum atomic E-state index is 0.201. The Labute approximate surface area is 166 Å². The Morgan fingerprint density at radius 2 is 1.41 bits per heavy atom. The molecule has 0 aromatic heterocycles. The molecule has 0 bridgehead atoms. The Morgan fingerprint density at radius 3 is 2.11 bits per heavy atom. The van der Waals surface area contributed by atoms with Crippen LogP contribution in [0.4, 0.5) is 0 Å². The van der Waals surface area contributed by atoms with E-state index in [1.807, 2.05) is 12.1 Å². The quantitative estimate of drug-likeness (QED) is 0.679. The van der Waals surface area contributed by atoms with Crippen molar-refractivity contribution in [3.63, 3.8) is 0 Å². The molecule has 3 aromatic rings. The van der Waals surface area contributed by atoms with E-state index in [-0.39, 0.29) is 6.04 Å². The predicted octanol–water partition coefficient (Wildman–Crippen LogP) is 4.93. The van der Waals surface area contributed by atoms with Crippen molar-refractivity contribution in [1.29, 1.82) is 0 Å². The summed E-state index contributed by atoms with van der Waals surface area (Å²) < 4.78 is 0. The highest BCUT2D eigenvalue weighted by molar-refractivity contribution is 6.31. The normalized spacial score (nSPS) is 16.2. The van der Waals surface area contributed by atoms with Crippen molar-refractivity contribution in [2.45, 2.75) is 12.5 Å². The highest BCUT2D eigenvalue weighted by Gasteiger charge is 2.25. The summed E-state index contributed by atoms with van der Waals surface area (Å²) in [5, 5.41) is 4.29. The van der Waals surface area contributed by atoms with Crippen molar-refractivity contribution >= 4 is 11.6 Å². The Kier molecular flexibility index (Phi) is 5.88. The third-order valence-electron chi connectivity index (χ3n) is 5.26. The largest absolute Gasteiger partial charge is 0.314 e. The lowest BCUT2D eigenvalue weighted by Crippen LogP contribution is -2.45. The molecule has 1 aliphatic rings. The van der Waals surface area contributed by atoms with Crippen molar-refractivity contribution in [2.24, 2.45) is 0 Å². The molecule has 4 rings (SSSR count). The number of hydrogen-bond donors (Lipinski definition) is 1. The maximum Gasteiger partial charge on any atom is 0.0617 e. The Balaban J connectivity index is 1.62. The zero-order valence-corrected chi connectivity index (χ0v) is 16.2. The van der Waals surface area contributed by atoms with Gasteiger partial charge < -0.3 is 5.32 Å². The molecule has 0 aliphatic carbocycles. The lowest BCUT2D eigenvalue weighted by atomic mass is 9.94. The molecule has 1 atom stereocenters. The zero-order valence-electron chi connectivity index (χ0n) is 15.4. The van der Waals surface area contributed by atoms with Gasteiger partial charge in [0.15, 0.2) is 0 Å². The van der Waals surface area contributed by atoms with Crippen LogP contribution in [0.1, 0.15) is 28.3 Å². The Hall–Kier alpha value is -2.13. The van der Waals surface area contributed by atoms with Crippen LogP contribution in [0.25, 0.3) is 0 Å². The Bertz CT molecular complexity index is 855. The number of piperazine rings is 1. The summed E-state index contributed by atoms with van der Waals surface area (Å²) in [5.74, 6) is 0. The molecule has 1 fully saturated rings. The van der Waals surface area contributed by atoms with E-state index in [0.717, 1.165) is 37.6 Å². The van der Waals surface area contributed by atoms with Gasteiger partial charge in [-0.2, -0.15) is 0 Å². The first-order valence-electron chi connectivity index (χ1n) is 9.63. The van der Waals surface area contributed by atoms with Crippen LogP contribution >= 0.6 is 11.6 Å². The minimum absolute atomic E-state index is 0.201. The summed E-state index contributed by atoms with van der Waals surface area (Å²) in [5.41, 5.74) is 5.18. The molecule has 3 aromatic carbocycles. The molecule has 1 heterocycles. The Morgan fingerprint density at radius 1 is 0.778 bits per heavy atom. The first-order chi connectivity index (χ1) is 13.3. The van der Waals surface area contributed by atoms with Crippen LogP contribution < -0.4 is 5.32 Å². The predicted molar refractivity (Wildman–Crippen MR) is 113 cm³/mol. The molecule has 1 saturated heterocycles. The molecule has 27 heavy (non-hydrogen) atoms. The zero-order chi connectivity index (χ0) is 18.5. The molecular weight excluding hydrogens is 352 g/mol. The molecule has 2 nitrogen and oxygen atoms in total. The molecule has 1 N–H and O–H groups in total. The van der Waals surface area contributed by atoms with Gasteiger partial charge in [-0.15, -0.1) is 0 Å². The van der Waals surface area contributed by atoms with E-state index >= 15 is 0 Å².